The van der Waals surface area contributed by atoms with E-state index in [-0.39, 0.29) is 0 Å². The average Bonchev–Trinajstić information content (AvgIpc) is 3.15. The van der Waals surface area contributed by atoms with Gasteiger partial charge in [-0.2, -0.15) is 75.8 Å². The molecule has 0 saturated carbocycles. The fourth-order valence-corrected chi connectivity index (χ4v) is 10.5. The van der Waals surface area contributed by atoms with E-state index in [1.807, 2.05) is 0 Å². The van der Waals surface area contributed by atoms with Gasteiger partial charge in [-0.05, 0) is 104 Å². The maximum atomic E-state index is 5.71. The molecule has 0 fully saturated rings. The van der Waals surface area contributed by atoms with Gasteiger partial charge in [0.05, 0.1) is 0 Å². The fraction of sp³-hybridized carbons (Fsp3) is 1.00. The van der Waals surface area contributed by atoms with Crippen LogP contribution in [0.2, 0.25) is 0 Å². The van der Waals surface area contributed by atoms with Crippen molar-refractivity contribution >= 4 is 75.8 Å². The van der Waals surface area contributed by atoms with E-state index in [0.717, 1.165) is 34.7 Å². The van der Waals surface area contributed by atoms with Crippen LogP contribution in [0.4, 0.5) is 0 Å². The molecule has 0 aliphatic heterocycles. The molecule has 314 valence electrons. The number of hydrogen-bond acceptors (Lipinski definition) is 6. The number of thiol groups is 6. The van der Waals surface area contributed by atoms with Crippen molar-refractivity contribution in [2.24, 2.45) is 11.3 Å². The SMILES string of the molecule is SCCCCCCCCCCC(S)C(CCCCCCCCCCS)(CCCCCCCCCCS)C(CCCS)CCCCCCCCCCS. The van der Waals surface area contributed by atoms with Crippen molar-refractivity contribution in [2.45, 2.75) is 249 Å². The van der Waals surface area contributed by atoms with Crippen molar-refractivity contribution in [1.82, 2.24) is 0 Å². The Hall–Kier alpha value is 2.10. The zero-order valence-electron chi connectivity index (χ0n) is 34.7. The Labute approximate surface area is 362 Å². The first-order valence-corrected chi connectivity index (χ1v) is 27.0. The van der Waals surface area contributed by atoms with Crippen LogP contribution in [0.25, 0.3) is 0 Å². The predicted octanol–water partition coefficient (Wildman–Crippen LogP) is 17.4. The summed E-state index contributed by atoms with van der Waals surface area (Å²) in [5.74, 6) is 6.03. The molecule has 0 aliphatic carbocycles. The van der Waals surface area contributed by atoms with Crippen LogP contribution in [0.3, 0.4) is 0 Å². The summed E-state index contributed by atoms with van der Waals surface area (Å²) in [7, 11) is 0. The fourth-order valence-electron chi connectivity index (χ4n) is 8.81. The maximum Gasteiger partial charge on any atom is 0.00759 e. The Bertz CT molecular complexity index is 639. The second-order valence-corrected chi connectivity index (χ2v) is 19.5. The molecule has 0 rings (SSSR count). The van der Waals surface area contributed by atoms with Gasteiger partial charge in [-0.15, -0.1) is 0 Å². The number of unbranched alkanes of at least 4 members (excludes halogenated alkanes) is 28. The van der Waals surface area contributed by atoms with Crippen LogP contribution in [0.15, 0.2) is 0 Å². The lowest BCUT2D eigenvalue weighted by Gasteiger charge is -2.46. The number of hydrogen-bond donors (Lipinski definition) is 6. The summed E-state index contributed by atoms with van der Waals surface area (Å²) in [5, 5.41) is 0.544. The van der Waals surface area contributed by atoms with E-state index < -0.39 is 0 Å². The van der Waals surface area contributed by atoms with Gasteiger partial charge in [0.25, 0.3) is 0 Å². The highest BCUT2D eigenvalue weighted by Gasteiger charge is 2.41. The average molecular weight is 840 g/mol. The predicted molar refractivity (Wildman–Crippen MR) is 263 cm³/mol. The van der Waals surface area contributed by atoms with E-state index >= 15 is 0 Å². The van der Waals surface area contributed by atoms with Crippen LogP contribution in [0.5, 0.6) is 0 Å². The first kappa shape index (κ1) is 54.1. The Balaban J connectivity index is 5.61. The van der Waals surface area contributed by atoms with Gasteiger partial charge < -0.3 is 0 Å². The van der Waals surface area contributed by atoms with Gasteiger partial charge in [0.15, 0.2) is 0 Å². The van der Waals surface area contributed by atoms with Gasteiger partial charge in [-0.1, -0.05) is 180 Å². The molecule has 0 aromatic carbocycles. The van der Waals surface area contributed by atoms with Gasteiger partial charge in [0.1, 0.15) is 0 Å². The second kappa shape index (κ2) is 44.2. The third-order valence-electron chi connectivity index (χ3n) is 12.1. The monoisotopic (exact) mass is 839 g/mol. The van der Waals surface area contributed by atoms with E-state index in [9.17, 15) is 0 Å². The summed E-state index contributed by atoms with van der Waals surface area (Å²) in [6.07, 6.45) is 52.7. The van der Waals surface area contributed by atoms with Crippen molar-refractivity contribution in [3.63, 3.8) is 0 Å². The molecule has 0 aromatic rings. The molecule has 0 aliphatic rings. The zero-order valence-corrected chi connectivity index (χ0v) is 40.1. The number of rotatable bonds is 45. The Kier molecular flexibility index (Phi) is 46.0. The first-order chi connectivity index (χ1) is 25.6. The lowest BCUT2D eigenvalue weighted by Crippen LogP contribution is -2.40. The molecule has 0 radical (unpaired) electrons. The van der Waals surface area contributed by atoms with Crippen molar-refractivity contribution in [2.75, 3.05) is 28.8 Å². The van der Waals surface area contributed by atoms with Gasteiger partial charge >= 0.3 is 0 Å². The second-order valence-electron chi connectivity index (χ2n) is 16.6. The molecule has 0 nitrogen and oxygen atoms in total. The molecule has 0 aromatic heterocycles. The molecule has 2 atom stereocenters. The summed E-state index contributed by atoms with van der Waals surface area (Å²) in [4.78, 5) is 0. The van der Waals surface area contributed by atoms with Crippen LogP contribution in [0.1, 0.15) is 244 Å². The van der Waals surface area contributed by atoms with Crippen molar-refractivity contribution in [3.8, 4) is 0 Å². The summed E-state index contributed by atoms with van der Waals surface area (Å²) >= 11 is 28.1. The van der Waals surface area contributed by atoms with E-state index in [2.05, 4.69) is 50.5 Å². The van der Waals surface area contributed by atoms with Crippen LogP contribution < -0.4 is 0 Å². The lowest BCUT2D eigenvalue weighted by molar-refractivity contribution is 0.0910. The Morgan fingerprint density at radius 1 is 0.250 bits per heavy atom. The van der Waals surface area contributed by atoms with Crippen LogP contribution in [-0.4, -0.2) is 34.0 Å². The van der Waals surface area contributed by atoms with Gasteiger partial charge in [-0.3, -0.25) is 0 Å². The van der Waals surface area contributed by atoms with E-state index in [4.69, 9.17) is 25.3 Å². The Morgan fingerprint density at radius 2 is 0.481 bits per heavy atom. The molecule has 0 heterocycles. The Morgan fingerprint density at radius 3 is 0.788 bits per heavy atom. The normalized spacial score (nSPS) is 13.3. The summed E-state index contributed by atoms with van der Waals surface area (Å²) in [6.45, 7) is 0. The minimum absolute atomic E-state index is 0.394. The van der Waals surface area contributed by atoms with Gasteiger partial charge in [-0.25, -0.2) is 0 Å². The summed E-state index contributed by atoms with van der Waals surface area (Å²) in [5.41, 5.74) is 0.394. The summed E-state index contributed by atoms with van der Waals surface area (Å²) < 4.78 is 0. The van der Waals surface area contributed by atoms with E-state index in [1.54, 1.807) is 0 Å². The highest BCUT2D eigenvalue weighted by atomic mass is 32.1. The molecule has 52 heavy (non-hydrogen) atoms. The highest BCUT2D eigenvalue weighted by Crippen LogP contribution is 2.50. The molecule has 0 N–H and O–H groups in total. The quantitative estimate of drug-likeness (QED) is 0.0256. The van der Waals surface area contributed by atoms with Crippen molar-refractivity contribution in [1.29, 1.82) is 0 Å². The third kappa shape index (κ3) is 33.1. The molecule has 2 unspecified atom stereocenters. The van der Waals surface area contributed by atoms with Crippen LogP contribution >= 0.6 is 75.8 Å². The zero-order chi connectivity index (χ0) is 38.1. The van der Waals surface area contributed by atoms with Crippen LogP contribution in [-0.2, 0) is 0 Å². The van der Waals surface area contributed by atoms with Gasteiger partial charge in [0.2, 0.25) is 0 Å². The van der Waals surface area contributed by atoms with E-state index in [0.29, 0.717) is 10.7 Å². The topological polar surface area (TPSA) is 0 Å². The molecule has 0 bridgehead atoms. The summed E-state index contributed by atoms with van der Waals surface area (Å²) in [6, 6.07) is 0. The lowest BCUT2D eigenvalue weighted by atomic mass is 9.62. The van der Waals surface area contributed by atoms with Crippen LogP contribution in [0, 0.1) is 11.3 Å². The highest BCUT2D eigenvalue weighted by molar-refractivity contribution is 7.81. The molecular formula is C46H94S6. The smallest absolute Gasteiger partial charge is 0.00759 e. The minimum Gasteiger partial charge on any atom is -0.179 e. The third-order valence-corrected chi connectivity index (χ3v) is 14.5. The van der Waals surface area contributed by atoms with Crippen molar-refractivity contribution in [3.05, 3.63) is 0 Å². The largest absolute Gasteiger partial charge is 0.179 e. The molecular weight excluding hydrogens is 745 g/mol. The minimum atomic E-state index is 0.394. The molecule has 6 heteroatoms. The molecule has 0 spiro atoms. The maximum absolute atomic E-state index is 5.71. The molecule has 0 saturated heterocycles. The van der Waals surface area contributed by atoms with Crippen molar-refractivity contribution < 1.29 is 0 Å². The van der Waals surface area contributed by atoms with Gasteiger partial charge in [0, 0.05) is 5.25 Å². The van der Waals surface area contributed by atoms with E-state index in [1.165, 1.54) is 244 Å². The first-order valence-electron chi connectivity index (χ1n) is 23.3. The standard InChI is InChI=1S/C46H94S6/c47-39-29-21-13-5-1-9-17-25-34-44(35-33-43-51)46(37-27-19-11-3-7-15-23-31-41-49,38-28-20-12-4-8-16-24-32-42-50)45(52)36-26-18-10-2-6-14-22-30-40-48/h44-45,47-52H,1-43H2. The molecule has 0 amide bonds.